The first-order chi connectivity index (χ1) is 6.86. The van der Waals surface area contributed by atoms with E-state index >= 15 is 0 Å². The van der Waals surface area contributed by atoms with E-state index in [-0.39, 0.29) is 0 Å². The Morgan fingerprint density at radius 3 is 2.50 bits per heavy atom. The Morgan fingerprint density at radius 2 is 1.79 bits per heavy atom. The molecule has 0 bridgehead atoms. The van der Waals surface area contributed by atoms with Gasteiger partial charge in [-0.05, 0) is 24.3 Å². The van der Waals surface area contributed by atoms with E-state index in [9.17, 15) is 0 Å². The fraction of sp³-hybridized carbons (Fsp3) is 0. The quantitative estimate of drug-likeness (QED) is 0.783. The van der Waals surface area contributed by atoms with Gasteiger partial charge in [-0.15, -0.1) is 0 Å². The molecule has 0 aliphatic rings. The van der Waals surface area contributed by atoms with Gasteiger partial charge < -0.3 is 10.5 Å². The van der Waals surface area contributed by atoms with Gasteiger partial charge in [0.1, 0.15) is 5.75 Å². The summed E-state index contributed by atoms with van der Waals surface area (Å²) in [5.74, 6) is 1.74. The van der Waals surface area contributed by atoms with Gasteiger partial charge in [0.2, 0.25) is 0 Å². The summed E-state index contributed by atoms with van der Waals surface area (Å²) < 4.78 is 5.52. The summed E-state index contributed by atoms with van der Waals surface area (Å²) >= 11 is 0. The predicted molar refractivity (Wildman–Crippen MR) is 55.2 cm³/mol. The molecule has 1 aromatic heterocycles. The highest BCUT2D eigenvalue weighted by molar-refractivity contribution is 5.47. The topological polar surface area (TPSA) is 48.1 Å². The van der Waals surface area contributed by atoms with E-state index in [1.54, 1.807) is 18.3 Å². The largest absolute Gasteiger partial charge is 0.453 e. The maximum atomic E-state index is 5.63. The molecule has 0 saturated heterocycles. The fourth-order valence-corrected chi connectivity index (χ4v) is 1.10. The highest BCUT2D eigenvalue weighted by Gasteiger charge is 2.00. The molecule has 1 aromatic carbocycles. The van der Waals surface area contributed by atoms with Gasteiger partial charge in [-0.2, -0.15) is 0 Å². The zero-order chi connectivity index (χ0) is 9.80. The third-order valence-electron chi connectivity index (χ3n) is 1.77. The molecule has 2 N–H and O–H groups in total. The Bertz CT molecular complexity index is 415. The van der Waals surface area contributed by atoms with Crippen LogP contribution in [-0.4, -0.2) is 4.98 Å². The maximum Gasteiger partial charge on any atom is 0.169 e. The third-order valence-corrected chi connectivity index (χ3v) is 1.77. The van der Waals surface area contributed by atoms with Gasteiger partial charge in [0.15, 0.2) is 11.6 Å². The van der Waals surface area contributed by atoms with Crippen LogP contribution in [-0.2, 0) is 0 Å². The zero-order valence-corrected chi connectivity index (χ0v) is 7.55. The van der Waals surface area contributed by atoms with E-state index in [0.717, 1.165) is 5.75 Å². The number of nitrogens with zero attached hydrogens (tertiary/aromatic N) is 1. The van der Waals surface area contributed by atoms with Crippen molar-refractivity contribution < 1.29 is 4.74 Å². The van der Waals surface area contributed by atoms with Crippen molar-refractivity contribution in [1.29, 1.82) is 0 Å². The molecule has 2 aromatic rings. The normalized spacial score (nSPS) is 9.71. The van der Waals surface area contributed by atoms with Gasteiger partial charge in [0.25, 0.3) is 0 Å². The SMILES string of the molecule is Nc1ncccc1Oc1ccccc1. The van der Waals surface area contributed by atoms with Crippen LogP contribution in [0.25, 0.3) is 0 Å². The van der Waals surface area contributed by atoms with Crippen LogP contribution in [0.4, 0.5) is 5.82 Å². The Morgan fingerprint density at radius 1 is 1.00 bits per heavy atom. The monoisotopic (exact) mass is 186 g/mol. The van der Waals surface area contributed by atoms with E-state index in [0.29, 0.717) is 11.6 Å². The van der Waals surface area contributed by atoms with Crippen LogP contribution in [0.15, 0.2) is 48.7 Å². The van der Waals surface area contributed by atoms with Crippen LogP contribution in [0.3, 0.4) is 0 Å². The third kappa shape index (κ3) is 1.82. The molecule has 0 aliphatic carbocycles. The van der Waals surface area contributed by atoms with Crippen LogP contribution in [0, 0.1) is 0 Å². The molecule has 2 rings (SSSR count). The minimum atomic E-state index is 0.399. The maximum absolute atomic E-state index is 5.63. The summed E-state index contributed by atoms with van der Waals surface area (Å²) in [7, 11) is 0. The molecule has 3 heteroatoms. The van der Waals surface area contributed by atoms with Gasteiger partial charge in [0.05, 0.1) is 0 Å². The Labute approximate surface area is 82.2 Å². The number of para-hydroxylation sites is 1. The van der Waals surface area contributed by atoms with Gasteiger partial charge in [-0.25, -0.2) is 4.98 Å². The molecule has 3 nitrogen and oxygen atoms in total. The molecule has 0 aliphatic heterocycles. The number of nitrogens with two attached hydrogens (primary N) is 1. The number of rotatable bonds is 2. The molecule has 1 heterocycles. The molecule has 0 radical (unpaired) electrons. The van der Waals surface area contributed by atoms with E-state index in [2.05, 4.69) is 4.98 Å². The average molecular weight is 186 g/mol. The van der Waals surface area contributed by atoms with Gasteiger partial charge in [0, 0.05) is 6.20 Å². The first-order valence-corrected chi connectivity index (χ1v) is 4.29. The number of ether oxygens (including phenoxy) is 1. The summed E-state index contributed by atoms with van der Waals surface area (Å²) in [6.07, 6.45) is 1.63. The minimum absolute atomic E-state index is 0.399. The lowest BCUT2D eigenvalue weighted by Crippen LogP contribution is -1.93. The fourth-order valence-electron chi connectivity index (χ4n) is 1.10. The summed E-state index contributed by atoms with van der Waals surface area (Å²) in [6, 6.07) is 13.0. The molecule has 0 atom stereocenters. The van der Waals surface area contributed by atoms with Crippen molar-refractivity contribution in [2.45, 2.75) is 0 Å². The van der Waals surface area contributed by atoms with Gasteiger partial charge >= 0.3 is 0 Å². The molecular formula is C11H10N2O. The van der Waals surface area contributed by atoms with E-state index in [1.165, 1.54) is 0 Å². The molecular weight excluding hydrogens is 176 g/mol. The van der Waals surface area contributed by atoms with Crippen molar-refractivity contribution in [3.8, 4) is 11.5 Å². The number of anilines is 1. The van der Waals surface area contributed by atoms with Crippen molar-refractivity contribution in [1.82, 2.24) is 4.98 Å². The van der Waals surface area contributed by atoms with E-state index in [4.69, 9.17) is 10.5 Å². The molecule has 0 saturated carbocycles. The molecule has 0 unspecified atom stereocenters. The molecule has 0 amide bonds. The lowest BCUT2D eigenvalue weighted by Gasteiger charge is -2.06. The van der Waals surface area contributed by atoms with Gasteiger partial charge in [-0.1, -0.05) is 18.2 Å². The van der Waals surface area contributed by atoms with Crippen LogP contribution >= 0.6 is 0 Å². The first-order valence-electron chi connectivity index (χ1n) is 4.29. The number of aromatic nitrogens is 1. The van der Waals surface area contributed by atoms with E-state index < -0.39 is 0 Å². The molecule has 0 spiro atoms. The second-order valence-electron chi connectivity index (χ2n) is 2.80. The zero-order valence-electron chi connectivity index (χ0n) is 7.55. The number of benzene rings is 1. The standard InChI is InChI=1S/C11H10N2O/c12-11-10(7-4-8-13-11)14-9-5-2-1-3-6-9/h1-8H,(H2,12,13). The highest BCUT2D eigenvalue weighted by atomic mass is 16.5. The second kappa shape index (κ2) is 3.79. The predicted octanol–water partition coefficient (Wildman–Crippen LogP) is 2.46. The number of hydrogen-bond donors (Lipinski definition) is 1. The Balaban J connectivity index is 2.24. The minimum Gasteiger partial charge on any atom is -0.453 e. The smallest absolute Gasteiger partial charge is 0.169 e. The first kappa shape index (κ1) is 8.56. The van der Waals surface area contributed by atoms with Crippen molar-refractivity contribution in [3.63, 3.8) is 0 Å². The molecule has 0 fully saturated rings. The van der Waals surface area contributed by atoms with Crippen LogP contribution in [0.5, 0.6) is 11.5 Å². The summed E-state index contributed by atoms with van der Waals surface area (Å²) in [5, 5.41) is 0. The molecule has 14 heavy (non-hydrogen) atoms. The van der Waals surface area contributed by atoms with Crippen molar-refractivity contribution in [2.24, 2.45) is 0 Å². The second-order valence-corrected chi connectivity index (χ2v) is 2.80. The number of pyridine rings is 1. The van der Waals surface area contributed by atoms with Crippen molar-refractivity contribution >= 4 is 5.82 Å². The summed E-state index contributed by atoms with van der Waals surface area (Å²) in [5.41, 5.74) is 5.63. The molecule has 70 valence electrons. The average Bonchev–Trinajstić information content (AvgIpc) is 2.23. The number of hydrogen-bond acceptors (Lipinski definition) is 3. The lowest BCUT2D eigenvalue weighted by atomic mass is 10.3. The summed E-state index contributed by atoms with van der Waals surface area (Å²) in [6.45, 7) is 0. The Kier molecular flexibility index (Phi) is 2.32. The van der Waals surface area contributed by atoms with Crippen LogP contribution < -0.4 is 10.5 Å². The Hall–Kier alpha value is -2.03. The number of nitrogen functional groups attached to an aromatic ring is 1. The van der Waals surface area contributed by atoms with Gasteiger partial charge in [-0.3, -0.25) is 0 Å². The van der Waals surface area contributed by atoms with Crippen molar-refractivity contribution in [2.75, 3.05) is 5.73 Å². The summed E-state index contributed by atoms with van der Waals surface area (Å²) in [4.78, 5) is 3.93. The van der Waals surface area contributed by atoms with Crippen LogP contribution in [0.2, 0.25) is 0 Å². The lowest BCUT2D eigenvalue weighted by molar-refractivity contribution is 0.483. The highest BCUT2D eigenvalue weighted by Crippen LogP contribution is 2.24. The van der Waals surface area contributed by atoms with Crippen molar-refractivity contribution in [3.05, 3.63) is 48.7 Å². The van der Waals surface area contributed by atoms with Crippen LogP contribution in [0.1, 0.15) is 0 Å². The van der Waals surface area contributed by atoms with E-state index in [1.807, 2.05) is 30.3 Å².